The van der Waals surface area contributed by atoms with Crippen molar-refractivity contribution >= 4 is 17.9 Å². The molecule has 1 N–H and O–H groups in total. The molecule has 0 radical (unpaired) electrons. The molecule has 0 unspecified atom stereocenters. The summed E-state index contributed by atoms with van der Waals surface area (Å²) < 4.78 is 26.9. The lowest BCUT2D eigenvalue weighted by molar-refractivity contribution is -0.140. The van der Waals surface area contributed by atoms with Gasteiger partial charge < -0.3 is 28.8 Å². The highest BCUT2D eigenvalue weighted by molar-refractivity contribution is 5.91. The molecule has 0 fully saturated rings. The van der Waals surface area contributed by atoms with Crippen molar-refractivity contribution < 1.29 is 43.2 Å². The highest BCUT2D eigenvalue weighted by Crippen LogP contribution is 2.25. The minimum Gasteiger partial charge on any atom is -0.494 e. The molecule has 0 amide bonds. The van der Waals surface area contributed by atoms with Gasteiger partial charge in [0.25, 0.3) is 0 Å². The Hall–Kier alpha value is -4.89. The van der Waals surface area contributed by atoms with Crippen molar-refractivity contribution in [3.63, 3.8) is 0 Å². The van der Waals surface area contributed by atoms with E-state index in [-0.39, 0.29) is 12.2 Å². The van der Waals surface area contributed by atoms with Crippen molar-refractivity contribution in [3.8, 4) is 28.4 Å². The smallest absolute Gasteiger partial charge is 0.343 e. The Morgan fingerprint density at radius 2 is 1.14 bits per heavy atom. The Labute approximate surface area is 257 Å². The highest BCUT2D eigenvalue weighted by atomic mass is 16.5. The van der Waals surface area contributed by atoms with Crippen molar-refractivity contribution in [2.75, 3.05) is 33.0 Å². The fourth-order valence-corrected chi connectivity index (χ4v) is 3.87. The van der Waals surface area contributed by atoms with Gasteiger partial charge in [-0.3, -0.25) is 0 Å². The Morgan fingerprint density at radius 1 is 0.636 bits per heavy atom. The second-order valence-corrected chi connectivity index (χ2v) is 9.70. The molecule has 0 aliphatic heterocycles. The number of esters is 3. The molecule has 0 aliphatic rings. The first kappa shape index (κ1) is 33.6. The molecule has 3 aromatic carbocycles. The lowest BCUT2D eigenvalue weighted by Gasteiger charge is -2.09. The van der Waals surface area contributed by atoms with Gasteiger partial charge in [0.2, 0.25) is 0 Å². The highest BCUT2D eigenvalue weighted by Gasteiger charge is 2.10. The Balaban J connectivity index is 1.36. The number of hydrogen-bond acceptors (Lipinski definition) is 9. The zero-order valence-corrected chi connectivity index (χ0v) is 24.7. The van der Waals surface area contributed by atoms with Crippen molar-refractivity contribution in [2.24, 2.45) is 0 Å². The van der Waals surface area contributed by atoms with Gasteiger partial charge in [-0.15, -0.1) is 0 Å². The molecule has 3 rings (SSSR count). The van der Waals surface area contributed by atoms with E-state index in [1.54, 1.807) is 36.4 Å². The van der Waals surface area contributed by atoms with Crippen molar-refractivity contribution in [3.05, 3.63) is 103 Å². The van der Waals surface area contributed by atoms with Crippen LogP contribution in [0.2, 0.25) is 0 Å². The molecule has 0 bridgehead atoms. The lowest BCUT2D eigenvalue weighted by Crippen LogP contribution is -2.12. The van der Waals surface area contributed by atoms with Crippen molar-refractivity contribution in [1.82, 2.24) is 0 Å². The predicted molar refractivity (Wildman–Crippen MR) is 166 cm³/mol. The first-order chi connectivity index (χ1) is 21.4. The van der Waals surface area contributed by atoms with Crippen LogP contribution in [0.15, 0.2) is 97.6 Å². The van der Waals surface area contributed by atoms with Gasteiger partial charge in [0, 0.05) is 12.5 Å². The van der Waals surface area contributed by atoms with Gasteiger partial charge in [-0.2, -0.15) is 0 Å². The third-order valence-electron chi connectivity index (χ3n) is 6.33. The average Bonchev–Trinajstić information content (AvgIpc) is 3.06. The van der Waals surface area contributed by atoms with E-state index in [1.165, 1.54) is 0 Å². The molecule has 44 heavy (non-hydrogen) atoms. The van der Waals surface area contributed by atoms with Crippen LogP contribution in [0.5, 0.6) is 17.2 Å². The van der Waals surface area contributed by atoms with E-state index in [1.807, 2.05) is 36.4 Å². The molecule has 3 aromatic rings. The number of aliphatic hydroxyl groups excluding tert-OH is 1. The summed E-state index contributed by atoms with van der Waals surface area (Å²) in [7, 11) is 0. The van der Waals surface area contributed by atoms with E-state index >= 15 is 0 Å². The van der Waals surface area contributed by atoms with E-state index in [2.05, 4.69) is 13.2 Å². The fraction of sp³-hybridized carbons (Fsp3) is 0.286. The van der Waals surface area contributed by atoms with Gasteiger partial charge in [0.05, 0.1) is 44.2 Å². The number of carbonyl (C=O) groups excluding carboxylic acids is 3. The van der Waals surface area contributed by atoms with Crippen LogP contribution >= 0.6 is 0 Å². The summed E-state index contributed by atoms with van der Waals surface area (Å²) in [6, 6.07) is 21.6. The quantitative estimate of drug-likeness (QED) is 0.0751. The number of hydrogen-bond donors (Lipinski definition) is 1. The van der Waals surface area contributed by atoms with Crippen LogP contribution in [0.4, 0.5) is 0 Å². The topological polar surface area (TPSA) is 118 Å². The molecule has 9 heteroatoms. The lowest BCUT2D eigenvalue weighted by atomic mass is 10.1. The van der Waals surface area contributed by atoms with Crippen LogP contribution in [-0.2, 0) is 19.1 Å². The minimum absolute atomic E-state index is 0.0205. The molecule has 0 aliphatic carbocycles. The summed E-state index contributed by atoms with van der Waals surface area (Å²) in [5.74, 6) is 0.318. The summed E-state index contributed by atoms with van der Waals surface area (Å²) in [6.45, 7) is 7.85. The third-order valence-corrected chi connectivity index (χ3v) is 6.33. The van der Waals surface area contributed by atoms with E-state index in [9.17, 15) is 14.4 Å². The minimum atomic E-state index is -0.611. The first-order valence-corrected chi connectivity index (χ1v) is 14.4. The molecular weight excluding hydrogens is 564 g/mol. The van der Waals surface area contributed by atoms with Gasteiger partial charge in [-0.1, -0.05) is 37.4 Å². The number of ether oxygens (including phenoxy) is 5. The molecular formula is C35H38O9. The summed E-state index contributed by atoms with van der Waals surface area (Å²) >= 11 is 0. The second kappa shape index (κ2) is 18.6. The molecule has 0 heterocycles. The Morgan fingerprint density at radius 3 is 1.70 bits per heavy atom. The van der Waals surface area contributed by atoms with Gasteiger partial charge in [-0.25, -0.2) is 14.4 Å². The van der Waals surface area contributed by atoms with Crippen LogP contribution in [0.1, 0.15) is 42.5 Å². The number of unbranched alkanes of at least 4 members (excludes halogenated alkanes) is 3. The molecule has 0 saturated carbocycles. The third kappa shape index (κ3) is 11.8. The maximum absolute atomic E-state index is 12.6. The summed E-state index contributed by atoms with van der Waals surface area (Å²) in [6.07, 6.45) is 5.24. The number of aliphatic hydroxyl groups is 1. The Bertz CT molecular complexity index is 1360. The van der Waals surface area contributed by atoms with Crippen LogP contribution < -0.4 is 14.2 Å². The Kier molecular flexibility index (Phi) is 14.2. The number of rotatable bonds is 19. The van der Waals surface area contributed by atoms with Crippen molar-refractivity contribution in [1.29, 1.82) is 0 Å². The van der Waals surface area contributed by atoms with Crippen molar-refractivity contribution in [2.45, 2.75) is 32.1 Å². The second-order valence-electron chi connectivity index (χ2n) is 9.70. The summed E-state index contributed by atoms with van der Waals surface area (Å²) in [5.41, 5.74) is 2.35. The molecule has 0 saturated heterocycles. The molecule has 0 atom stereocenters. The van der Waals surface area contributed by atoms with Crippen LogP contribution in [0, 0.1) is 0 Å². The van der Waals surface area contributed by atoms with Gasteiger partial charge in [0.15, 0.2) is 0 Å². The maximum Gasteiger partial charge on any atom is 0.343 e. The monoisotopic (exact) mass is 602 g/mol. The first-order valence-electron chi connectivity index (χ1n) is 14.4. The zero-order chi connectivity index (χ0) is 31.6. The van der Waals surface area contributed by atoms with Gasteiger partial charge >= 0.3 is 17.9 Å². The molecule has 0 spiro atoms. The summed E-state index contributed by atoms with van der Waals surface area (Å²) in [4.78, 5) is 35.1. The molecule has 0 aromatic heterocycles. The zero-order valence-electron chi connectivity index (χ0n) is 24.7. The fourth-order valence-electron chi connectivity index (χ4n) is 3.87. The van der Waals surface area contributed by atoms with E-state index in [4.69, 9.17) is 28.8 Å². The van der Waals surface area contributed by atoms with Crippen LogP contribution in [-0.4, -0.2) is 56.0 Å². The normalized spacial score (nSPS) is 10.4. The average molecular weight is 603 g/mol. The number of benzene rings is 3. The molecule has 9 nitrogen and oxygen atoms in total. The van der Waals surface area contributed by atoms with Gasteiger partial charge in [-0.05, 0) is 85.3 Å². The standard InChI is InChI=1S/C35H38O9/c1-3-33(37)42-22-7-5-4-6-21-40-31-17-13-29(14-18-31)35(39)44-32-19-11-28(12-20-32)27-9-15-30(16-10-27)41-23-8-24-43-34(38)26(2)25-36/h3,9-20,36H,1-2,4-8,21-25H2. The van der Waals surface area contributed by atoms with Crippen LogP contribution in [0.3, 0.4) is 0 Å². The maximum atomic E-state index is 12.6. The van der Waals surface area contributed by atoms with Crippen LogP contribution in [0.25, 0.3) is 11.1 Å². The van der Waals surface area contributed by atoms with E-state index in [0.717, 1.165) is 42.9 Å². The van der Waals surface area contributed by atoms with Gasteiger partial charge in [0.1, 0.15) is 17.2 Å². The molecule has 232 valence electrons. The SMILES string of the molecule is C=CC(=O)OCCCCCCOc1ccc(C(=O)Oc2ccc(-c3ccc(OCCCOC(=O)C(=C)CO)cc3)cc2)cc1. The summed E-state index contributed by atoms with van der Waals surface area (Å²) in [5, 5.41) is 8.86. The number of carbonyl (C=O) groups is 3. The predicted octanol–water partition coefficient (Wildman–Crippen LogP) is 6.10. The largest absolute Gasteiger partial charge is 0.494 e. The van der Waals surface area contributed by atoms with E-state index in [0.29, 0.717) is 49.1 Å². The van der Waals surface area contributed by atoms with E-state index < -0.39 is 24.5 Å².